The van der Waals surface area contributed by atoms with Gasteiger partial charge in [-0.1, -0.05) is 76.8 Å². The summed E-state index contributed by atoms with van der Waals surface area (Å²) in [6, 6.07) is 7.53. The van der Waals surface area contributed by atoms with E-state index in [0.29, 0.717) is 0 Å². The van der Waals surface area contributed by atoms with E-state index in [2.05, 4.69) is 39.0 Å². The van der Waals surface area contributed by atoms with E-state index in [1.807, 2.05) is 0 Å². The van der Waals surface area contributed by atoms with Gasteiger partial charge in [0, 0.05) is 0 Å². The van der Waals surface area contributed by atoms with Crippen molar-refractivity contribution in [3.8, 4) is 0 Å². The van der Waals surface area contributed by atoms with Crippen molar-refractivity contribution in [2.75, 3.05) is 0 Å². The first kappa shape index (κ1) is 17.3. The van der Waals surface area contributed by atoms with Crippen LogP contribution in [0.5, 0.6) is 0 Å². The molecule has 0 heteroatoms. The van der Waals surface area contributed by atoms with E-state index in [4.69, 9.17) is 0 Å². The summed E-state index contributed by atoms with van der Waals surface area (Å²) in [5.41, 5.74) is 4.36. The Labute approximate surface area is 127 Å². The van der Waals surface area contributed by atoms with Crippen LogP contribution in [-0.4, -0.2) is 0 Å². The highest BCUT2D eigenvalue weighted by Gasteiger charge is 2.00. The molecule has 0 amide bonds. The summed E-state index contributed by atoms with van der Waals surface area (Å²) in [5, 5.41) is 0. The van der Waals surface area contributed by atoms with Gasteiger partial charge in [0.1, 0.15) is 0 Å². The van der Waals surface area contributed by atoms with Crippen LogP contribution in [0.3, 0.4) is 0 Å². The number of unbranched alkanes of at least 4 members (excludes halogenated alkanes) is 9. The van der Waals surface area contributed by atoms with Gasteiger partial charge in [0.25, 0.3) is 0 Å². The van der Waals surface area contributed by atoms with Crippen LogP contribution in [0, 0.1) is 19.9 Å². The highest BCUT2D eigenvalue weighted by Crippen LogP contribution is 2.16. The molecule has 0 bridgehead atoms. The summed E-state index contributed by atoms with van der Waals surface area (Å²) in [4.78, 5) is 0. The molecule has 0 aliphatic heterocycles. The van der Waals surface area contributed by atoms with Crippen molar-refractivity contribution in [3.63, 3.8) is 0 Å². The number of rotatable bonds is 11. The summed E-state index contributed by atoms with van der Waals surface area (Å²) < 4.78 is 0. The topological polar surface area (TPSA) is 0 Å². The van der Waals surface area contributed by atoms with E-state index in [1.54, 1.807) is 0 Å². The number of aryl methyl sites for hydroxylation is 2. The molecule has 0 heterocycles. The Balaban J connectivity index is 1.98. The van der Waals surface area contributed by atoms with Crippen molar-refractivity contribution in [1.82, 2.24) is 0 Å². The van der Waals surface area contributed by atoms with Crippen molar-refractivity contribution in [2.24, 2.45) is 0 Å². The normalized spacial score (nSPS) is 10.9. The van der Waals surface area contributed by atoms with Gasteiger partial charge in [0.05, 0.1) is 0 Å². The van der Waals surface area contributed by atoms with Gasteiger partial charge < -0.3 is 0 Å². The highest BCUT2D eigenvalue weighted by molar-refractivity contribution is 5.32. The second kappa shape index (κ2) is 10.9. The Morgan fingerprint density at radius 3 is 1.90 bits per heavy atom. The van der Waals surface area contributed by atoms with Gasteiger partial charge in [-0.2, -0.15) is 0 Å². The number of hydrogen-bond acceptors (Lipinski definition) is 0. The van der Waals surface area contributed by atoms with E-state index < -0.39 is 0 Å². The van der Waals surface area contributed by atoms with E-state index in [9.17, 15) is 0 Å². The first-order valence-corrected chi connectivity index (χ1v) is 8.72. The zero-order valence-electron chi connectivity index (χ0n) is 13.9. The number of hydrogen-bond donors (Lipinski definition) is 0. The summed E-state index contributed by atoms with van der Waals surface area (Å²) in [6.07, 6.45) is 15.4. The minimum absolute atomic E-state index is 1.24. The molecule has 0 fully saturated rings. The van der Waals surface area contributed by atoms with E-state index in [-0.39, 0.29) is 0 Å². The van der Waals surface area contributed by atoms with E-state index >= 15 is 0 Å². The molecule has 0 spiro atoms. The smallest absolute Gasteiger partial charge is 0.0178 e. The predicted octanol–water partition coefficient (Wildman–Crippen LogP) is 6.57. The molecule has 20 heavy (non-hydrogen) atoms. The van der Waals surface area contributed by atoms with Crippen molar-refractivity contribution < 1.29 is 0 Å². The molecule has 0 nitrogen and oxygen atoms in total. The van der Waals surface area contributed by atoms with Gasteiger partial charge in [-0.15, -0.1) is 0 Å². The second-order valence-electron chi connectivity index (χ2n) is 6.22. The molecule has 0 aliphatic carbocycles. The Bertz CT molecular complexity index is 351. The molecule has 0 N–H and O–H groups in total. The Hall–Kier alpha value is -0.780. The van der Waals surface area contributed by atoms with Crippen LogP contribution >= 0.6 is 0 Å². The van der Waals surface area contributed by atoms with Crippen LogP contribution < -0.4 is 0 Å². The third-order valence-electron chi connectivity index (χ3n) is 4.43. The van der Waals surface area contributed by atoms with Gasteiger partial charge in [-0.05, 0) is 49.4 Å². The first-order chi connectivity index (χ1) is 9.75. The third-order valence-corrected chi connectivity index (χ3v) is 4.43. The lowest BCUT2D eigenvalue weighted by Gasteiger charge is -2.08. The molecule has 1 aromatic carbocycles. The molecule has 0 aromatic heterocycles. The fraction of sp³-hybridized carbons (Fsp3) is 0.700. The molecular formula is C20H33. The fourth-order valence-corrected chi connectivity index (χ4v) is 2.80. The maximum atomic E-state index is 3.26. The zero-order chi connectivity index (χ0) is 14.6. The second-order valence-corrected chi connectivity index (χ2v) is 6.22. The minimum atomic E-state index is 1.24. The van der Waals surface area contributed by atoms with Crippen molar-refractivity contribution in [1.29, 1.82) is 0 Å². The molecule has 1 rings (SSSR count). The summed E-state index contributed by atoms with van der Waals surface area (Å²) in [6.45, 7) is 6.72. The monoisotopic (exact) mass is 273 g/mol. The number of benzene rings is 1. The van der Waals surface area contributed by atoms with Crippen molar-refractivity contribution in [3.05, 3.63) is 34.9 Å². The fourth-order valence-electron chi connectivity index (χ4n) is 2.80. The van der Waals surface area contributed by atoms with Crippen LogP contribution in [-0.2, 0) is 6.42 Å². The minimum Gasteiger partial charge on any atom is -0.0654 e. The summed E-state index contributed by atoms with van der Waals surface area (Å²) >= 11 is 0. The van der Waals surface area contributed by atoms with Crippen molar-refractivity contribution in [2.45, 2.75) is 91.4 Å². The maximum absolute atomic E-state index is 3.26. The van der Waals surface area contributed by atoms with Gasteiger partial charge >= 0.3 is 0 Å². The lowest BCUT2D eigenvalue weighted by atomic mass is 9.98. The highest BCUT2D eigenvalue weighted by atomic mass is 14.1. The van der Waals surface area contributed by atoms with Crippen LogP contribution in [0.25, 0.3) is 0 Å². The van der Waals surface area contributed by atoms with Gasteiger partial charge in [0.15, 0.2) is 0 Å². The third kappa shape index (κ3) is 7.12. The van der Waals surface area contributed by atoms with Crippen LogP contribution in [0.2, 0.25) is 0 Å². The average molecular weight is 273 g/mol. The predicted molar refractivity (Wildman–Crippen MR) is 90.3 cm³/mol. The quantitative estimate of drug-likeness (QED) is 0.400. The van der Waals surface area contributed by atoms with Crippen LogP contribution in [0.4, 0.5) is 0 Å². The van der Waals surface area contributed by atoms with Gasteiger partial charge in [-0.25, -0.2) is 0 Å². The van der Waals surface area contributed by atoms with E-state index in [1.165, 1.54) is 87.3 Å². The maximum Gasteiger partial charge on any atom is -0.0178 e. The largest absolute Gasteiger partial charge is 0.0654 e. The average Bonchev–Trinajstić information content (AvgIpc) is 2.45. The van der Waals surface area contributed by atoms with Gasteiger partial charge in [0.2, 0.25) is 0 Å². The molecular weight excluding hydrogens is 240 g/mol. The molecule has 1 radical (unpaired) electrons. The molecule has 0 atom stereocenters. The standard InChI is InChI=1S/C20H33/c1-4-5-6-7-8-9-10-11-12-13-16-20-17-14-15-18(2)19(20)3/h15,17H,4-13,16H2,1-3H3. The zero-order valence-corrected chi connectivity index (χ0v) is 13.9. The first-order valence-electron chi connectivity index (χ1n) is 8.72. The molecule has 113 valence electrons. The van der Waals surface area contributed by atoms with E-state index in [0.717, 1.165) is 0 Å². The summed E-state index contributed by atoms with van der Waals surface area (Å²) in [5.74, 6) is 0. The van der Waals surface area contributed by atoms with Crippen LogP contribution in [0.15, 0.2) is 12.1 Å². The van der Waals surface area contributed by atoms with Crippen LogP contribution in [0.1, 0.15) is 87.8 Å². The van der Waals surface area contributed by atoms with Crippen molar-refractivity contribution >= 4 is 0 Å². The van der Waals surface area contributed by atoms with Gasteiger partial charge in [-0.3, -0.25) is 0 Å². The Kier molecular flexibility index (Phi) is 9.45. The Morgan fingerprint density at radius 2 is 1.30 bits per heavy atom. The molecule has 0 saturated carbocycles. The SMILES string of the molecule is CCCCCCCCCCCCc1c[c]cc(C)c1C. The lowest BCUT2D eigenvalue weighted by Crippen LogP contribution is -1.92. The molecule has 1 aromatic rings. The molecule has 0 aliphatic rings. The Morgan fingerprint density at radius 1 is 0.750 bits per heavy atom. The lowest BCUT2D eigenvalue weighted by molar-refractivity contribution is 0.556. The molecule has 0 saturated heterocycles. The summed E-state index contributed by atoms with van der Waals surface area (Å²) in [7, 11) is 0. The molecule has 0 unspecified atom stereocenters.